The molecule has 0 spiro atoms. The van der Waals surface area contributed by atoms with Crippen LogP contribution in [0.15, 0.2) is 85.1 Å². The molecule has 0 saturated carbocycles. The van der Waals surface area contributed by atoms with E-state index in [0.717, 1.165) is 10.8 Å². The van der Waals surface area contributed by atoms with Gasteiger partial charge >= 0.3 is 0 Å². The highest BCUT2D eigenvalue weighted by Crippen LogP contribution is 2.34. The lowest BCUT2D eigenvalue weighted by atomic mass is 10.0. The third kappa shape index (κ3) is 4.60. The van der Waals surface area contributed by atoms with Crippen LogP contribution in [-0.4, -0.2) is 31.0 Å². The maximum atomic E-state index is 13.1. The number of anilines is 1. The molecule has 3 N–H and O–H groups in total. The molecule has 5 aromatic rings. The second kappa shape index (κ2) is 9.87. The number of nitrogens with zero attached hydrogens (tertiary/aromatic N) is 1. The largest absolute Gasteiger partial charge is 0.496 e. The topological polar surface area (TPSA) is 113 Å². The zero-order valence-corrected chi connectivity index (χ0v) is 20.1. The first-order valence-corrected chi connectivity index (χ1v) is 11.4. The lowest BCUT2D eigenvalue weighted by Crippen LogP contribution is -2.13. The molecule has 4 aromatic carbocycles. The van der Waals surface area contributed by atoms with Crippen LogP contribution in [0.5, 0.6) is 23.0 Å². The molecule has 0 aliphatic heterocycles. The second-order valence-electron chi connectivity index (χ2n) is 8.19. The van der Waals surface area contributed by atoms with E-state index in [1.807, 2.05) is 36.4 Å². The Hall–Kier alpha value is -5.11. The van der Waals surface area contributed by atoms with E-state index in [0.29, 0.717) is 45.2 Å². The zero-order valence-electron chi connectivity index (χ0n) is 20.1. The minimum absolute atomic E-state index is 0.233. The van der Waals surface area contributed by atoms with Crippen LogP contribution in [0, 0.1) is 0 Å². The highest BCUT2D eigenvalue weighted by Gasteiger charge is 2.16. The summed E-state index contributed by atoms with van der Waals surface area (Å²) in [7, 11) is 3.02. The van der Waals surface area contributed by atoms with Crippen LogP contribution in [0.3, 0.4) is 0 Å². The van der Waals surface area contributed by atoms with Crippen LogP contribution in [0.1, 0.15) is 20.7 Å². The third-order valence-electron chi connectivity index (χ3n) is 5.97. The first-order valence-electron chi connectivity index (χ1n) is 11.4. The number of amides is 2. The number of nitrogens with one attached hydrogen (secondary N) is 1. The van der Waals surface area contributed by atoms with Crippen molar-refractivity contribution in [1.82, 2.24) is 4.98 Å². The first kappa shape index (κ1) is 23.6. The molecule has 5 rings (SSSR count). The third-order valence-corrected chi connectivity index (χ3v) is 5.97. The molecule has 0 saturated heterocycles. The lowest BCUT2D eigenvalue weighted by Gasteiger charge is -2.13. The molecule has 8 heteroatoms. The van der Waals surface area contributed by atoms with Gasteiger partial charge in [0, 0.05) is 23.2 Å². The number of para-hydroxylation sites is 2. The minimum atomic E-state index is -0.613. The molecule has 0 radical (unpaired) electrons. The number of primary amides is 1. The fourth-order valence-corrected chi connectivity index (χ4v) is 4.19. The zero-order chi connectivity index (χ0) is 25.9. The van der Waals surface area contributed by atoms with Crippen molar-refractivity contribution in [2.45, 2.75) is 0 Å². The van der Waals surface area contributed by atoms with Crippen molar-refractivity contribution in [3.8, 4) is 23.0 Å². The van der Waals surface area contributed by atoms with E-state index >= 15 is 0 Å². The summed E-state index contributed by atoms with van der Waals surface area (Å²) in [5, 5.41) is 5.12. The van der Waals surface area contributed by atoms with Gasteiger partial charge in [0.05, 0.1) is 31.0 Å². The predicted octanol–water partition coefficient (Wildman–Crippen LogP) is 5.55. The number of nitrogens with two attached hydrogens (primary N) is 1. The molecule has 8 nitrogen and oxygen atoms in total. The number of benzene rings is 4. The number of fused-ring (bicyclic) bond motifs is 2. The Kier molecular flexibility index (Phi) is 6.30. The van der Waals surface area contributed by atoms with Gasteiger partial charge in [0.25, 0.3) is 11.8 Å². The number of rotatable bonds is 7. The van der Waals surface area contributed by atoms with E-state index in [1.54, 1.807) is 55.8 Å². The van der Waals surface area contributed by atoms with Gasteiger partial charge in [0.15, 0.2) is 0 Å². The first-order chi connectivity index (χ1) is 18.0. The van der Waals surface area contributed by atoms with Crippen molar-refractivity contribution >= 4 is 39.2 Å². The molecular weight excluding hydrogens is 470 g/mol. The minimum Gasteiger partial charge on any atom is -0.496 e. The predicted molar refractivity (Wildman–Crippen MR) is 142 cm³/mol. The van der Waals surface area contributed by atoms with E-state index in [-0.39, 0.29) is 11.5 Å². The normalized spacial score (nSPS) is 10.8. The summed E-state index contributed by atoms with van der Waals surface area (Å²) >= 11 is 0. The monoisotopic (exact) mass is 493 g/mol. The van der Waals surface area contributed by atoms with E-state index in [9.17, 15) is 9.59 Å². The molecule has 1 heterocycles. The number of pyridine rings is 1. The summed E-state index contributed by atoms with van der Waals surface area (Å²) in [4.78, 5) is 29.4. The summed E-state index contributed by atoms with van der Waals surface area (Å²) in [6.45, 7) is 0. The smallest absolute Gasteiger partial charge is 0.256 e. The number of carbonyl (C=O) groups excluding carboxylic acids is 2. The molecule has 0 fully saturated rings. The molecule has 184 valence electrons. The average molecular weight is 494 g/mol. The van der Waals surface area contributed by atoms with Crippen molar-refractivity contribution in [3.05, 3.63) is 96.2 Å². The Morgan fingerprint density at radius 1 is 0.784 bits per heavy atom. The Balaban J connectivity index is 1.48. The number of carbonyl (C=O) groups is 2. The van der Waals surface area contributed by atoms with Gasteiger partial charge in [-0.05, 0) is 59.3 Å². The summed E-state index contributed by atoms with van der Waals surface area (Å²) < 4.78 is 16.8. The number of aromatic nitrogens is 1. The summed E-state index contributed by atoms with van der Waals surface area (Å²) in [6, 6.07) is 23.2. The molecule has 0 aliphatic carbocycles. The van der Waals surface area contributed by atoms with E-state index in [4.69, 9.17) is 19.9 Å². The highest BCUT2D eigenvalue weighted by atomic mass is 16.5. The standard InChI is InChI=1S/C29H23N3O5/c1-35-26-9-4-3-8-23(26)32-29(34)20-7-5-6-17-14-18(10-11-19(17)20)37-25-12-13-31-24-16-27(36-2)22(28(30)33)15-21(24)25/h3-16H,1-2H3,(H2,30,33)(H,32,34). The number of ether oxygens (including phenoxy) is 3. The number of hydrogen-bond donors (Lipinski definition) is 2. The van der Waals surface area contributed by atoms with E-state index < -0.39 is 5.91 Å². The van der Waals surface area contributed by atoms with Crippen molar-refractivity contribution in [2.24, 2.45) is 5.73 Å². The van der Waals surface area contributed by atoms with Crippen molar-refractivity contribution < 1.29 is 23.8 Å². The Morgan fingerprint density at radius 3 is 2.38 bits per heavy atom. The molecule has 1 aromatic heterocycles. The van der Waals surface area contributed by atoms with Gasteiger partial charge in [-0.15, -0.1) is 0 Å². The van der Waals surface area contributed by atoms with Gasteiger partial charge in [-0.3, -0.25) is 14.6 Å². The van der Waals surface area contributed by atoms with E-state index in [1.165, 1.54) is 7.11 Å². The fraction of sp³-hybridized carbons (Fsp3) is 0.0690. The molecule has 0 atom stereocenters. The van der Waals surface area contributed by atoms with Gasteiger partial charge in [0.1, 0.15) is 23.0 Å². The van der Waals surface area contributed by atoms with Crippen molar-refractivity contribution in [2.75, 3.05) is 19.5 Å². The summed E-state index contributed by atoms with van der Waals surface area (Å²) in [5.74, 6) is 1.11. The van der Waals surface area contributed by atoms with Crippen LogP contribution in [-0.2, 0) is 0 Å². The lowest BCUT2D eigenvalue weighted by molar-refractivity contribution is 0.0995. The van der Waals surface area contributed by atoms with Crippen LogP contribution in [0.2, 0.25) is 0 Å². The van der Waals surface area contributed by atoms with E-state index in [2.05, 4.69) is 10.3 Å². The van der Waals surface area contributed by atoms with Crippen molar-refractivity contribution in [3.63, 3.8) is 0 Å². The van der Waals surface area contributed by atoms with Crippen LogP contribution >= 0.6 is 0 Å². The quantitative estimate of drug-likeness (QED) is 0.307. The summed E-state index contributed by atoms with van der Waals surface area (Å²) in [6.07, 6.45) is 1.61. The van der Waals surface area contributed by atoms with Gasteiger partial charge < -0.3 is 25.3 Å². The van der Waals surface area contributed by atoms with Gasteiger partial charge in [-0.2, -0.15) is 0 Å². The Morgan fingerprint density at radius 2 is 1.59 bits per heavy atom. The Bertz CT molecular complexity index is 1670. The van der Waals surface area contributed by atoms with Gasteiger partial charge in [-0.1, -0.05) is 24.3 Å². The second-order valence-corrected chi connectivity index (χ2v) is 8.19. The van der Waals surface area contributed by atoms with Crippen LogP contribution in [0.25, 0.3) is 21.7 Å². The van der Waals surface area contributed by atoms with Crippen molar-refractivity contribution in [1.29, 1.82) is 0 Å². The maximum Gasteiger partial charge on any atom is 0.256 e. The molecular formula is C29H23N3O5. The Labute approximate surface area is 212 Å². The van der Waals surface area contributed by atoms with Gasteiger partial charge in [0.2, 0.25) is 0 Å². The molecule has 0 aliphatic rings. The summed E-state index contributed by atoms with van der Waals surface area (Å²) in [5.41, 5.74) is 7.46. The number of hydrogen-bond acceptors (Lipinski definition) is 6. The molecule has 37 heavy (non-hydrogen) atoms. The van der Waals surface area contributed by atoms with Crippen LogP contribution < -0.4 is 25.3 Å². The molecule has 2 amide bonds. The maximum absolute atomic E-state index is 13.1. The molecule has 0 bridgehead atoms. The SMILES string of the molecule is COc1ccccc1NC(=O)c1cccc2cc(Oc3ccnc4cc(OC)c(C(N)=O)cc34)ccc12. The molecule has 0 unspecified atom stereocenters. The van der Waals surface area contributed by atoms with Gasteiger partial charge in [-0.25, -0.2) is 0 Å². The fourth-order valence-electron chi connectivity index (χ4n) is 4.19. The highest BCUT2D eigenvalue weighted by molar-refractivity contribution is 6.13. The van der Waals surface area contributed by atoms with Crippen LogP contribution in [0.4, 0.5) is 5.69 Å². The number of methoxy groups -OCH3 is 2. The average Bonchev–Trinajstić information content (AvgIpc) is 2.92.